The van der Waals surface area contributed by atoms with E-state index in [1.807, 2.05) is 37.3 Å². The first-order valence-corrected chi connectivity index (χ1v) is 5.55. The molecule has 0 saturated heterocycles. The number of nitrogens with zero attached hydrogens (tertiary/aromatic N) is 2. The van der Waals surface area contributed by atoms with Gasteiger partial charge < -0.3 is 5.21 Å². The van der Waals surface area contributed by atoms with E-state index in [1.165, 1.54) is 0 Å². The van der Waals surface area contributed by atoms with Crippen LogP contribution in [0.5, 0.6) is 0 Å². The minimum absolute atomic E-state index is 0.488. The second-order valence-corrected chi connectivity index (χ2v) is 3.95. The third-order valence-corrected chi connectivity index (χ3v) is 2.77. The Hall–Kier alpha value is -2.60. The molecular weight excluding hydrogens is 224 g/mol. The normalized spacial score (nSPS) is 19.3. The van der Waals surface area contributed by atoms with Crippen molar-refractivity contribution in [2.24, 2.45) is 5.16 Å². The van der Waals surface area contributed by atoms with Crippen molar-refractivity contribution in [1.82, 2.24) is 0 Å². The van der Waals surface area contributed by atoms with Crippen molar-refractivity contribution in [3.63, 3.8) is 0 Å². The topological polar surface area (TPSA) is 56.4 Å². The van der Waals surface area contributed by atoms with Crippen LogP contribution in [0.25, 0.3) is 5.57 Å². The Kier molecular flexibility index (Phi) is 3.40. The molecule has 1 N–H and O–H groups in total. The van der Waals surface area contributed by atoms with E-state index in [1.54, 1.807) is 18.2 Å². The first-order valence-electron chi connectivity index (χ1n) is 5.55. The second-order valence-electron chi connectivity index (χ2n) is 3.95. The Labute approximate surface area is 106 Å². The second kappa shape index (κ2) is 5.15. The lowest BCUT2D eigenvalue weighted by molar-refractivity contribution is 0.320. The van der Waals surface area contributed by atoms with Crippen LogP contribution in [0, 0.1) is 11.3 Å². The molecule has 88 valence electrons. The lowest BCUT2D eigenvalue weighted by Crippen LogP contribution is -2.00. The summed E-state index contributed by atoms with van der Waals surface area (Å²) in [4.78, 5) is 0. The van der Waals surface area contributed by atoms with Gasteiger partial charge in [-0.3, -0.25) is 0 Å². The quantitative estimate of drug-likeness (QED) is 0.462. The van der Waals surface area contributed by atoms with Crippen molar-refractivity contribution < 1.29 is 5.21 Å². The molecule has 1 aliphatic carbocycles. The summed E-state index contributed by atoms with van der Waals surface area (Å²) in [7, 11) is 0. The van der Waals surface area contributed by atoms with Crippen LogP contribution in [0.4, 0.5) is 0 Å². The van der Waals surface area contributed by atoms with Crippen LogP contribution in [-0.4, -0.2) is 10.9 Å². The van der Waals surface area contributed by atoms with E-state index >= 15 is 0 Å². The van der Waals surface area contributed by atoms with Crippen molar-refractivity contribution in [2.45, 2.75) is 6.92 Å². The van der Waals surface area contributed by atoms with Crippen molar-refractivity contribution >= 4 is 11.3 Å². The number of hydrogen-bond donors (Lipinski definition) is 1. The maximum Gasteiger partial charge on any atom is 0.102 e. The van der Waals surface area contributed by atoms with Crippen molar-refractivity contribution in [3.8, 4) is 6.07 Å². The van der Waals surface area contributed by atoms with Gasteiger partial charge in [-0.05, 0) is 35.8 Å². The molecule has 0 aromatic heterocycles. The van der Waals surface area contributed by atoms with Crippen LogP contribution >= 0.6 is 0 Å². The average Bonchev–Trinajstić information content (AvgIpc) is 2.42. The Morgan fingerprint density at radius 3 is 2.50 bits per heavy atom. The molecular formula is C15H12N2O. The summed E-state index contributed by atoms with van der Waals surface area (Å²) in [6.07, 6.45) is 5.23. The highest BCUT2D eigenvalue weighted by atomic mass is 16.4. The molecule has 0 saturated carbocycles. The molecule has 3 heteroatoms. The van der Waals surface area contributed by atoms with Crippen LogP contribution in [0.1, 0.15) is 12.5 Å². The smallest absolute Gasteiger partial charge is 0.102 e. The van der Waals surface area contributed by atoms with Gasteiger partial charge >= 0.3 is 0 Å². The van der Waals surface area contributed by atoms with Crippen LogP contribution in [0.2, 0.25) is 0 Å². The van der Waals surface area contributed by atoms with Crippen LogP contribution in [-0.2, 0) is 0 Å². The maximum atomic E-state index is 9.32. The van der Waals surface area contributed by atoms with Crippen LogP contribution in [0.15, 0.2) is 64.9 Å². The number of allylic oxidation sites excluding steroid dienone is 6. The number of benzene rings is 1. The standard InChI is InChI=1S/C15H12N2O/c1-11-9-13(17-18)7-8-14(11)15(10-16)12-5-3-2-4-6-12/h2-9,18H,1H3/b15-14?,17-13+. The Bertz CT molecular complexity index is 614. The zero-order valence-electron chi connectivity index (χ0n) is 9.96. The van der Waals surface area contributed by atoms with Gasteiger partial charge in [0.1, 0.15) is 11.8 Å². The zero-order valence-corrected chi connectivity index (χ0v) is 9.96. The minimum atomic E-state index is 0.488. The molecule has 1 aromatic rings. The first kappa shape index (κ1) is 11.9. The van der Waals surface area contributed by atoms with Gasteiger partial charge in [0.25, 0.3) is 0 Å². The van der Waals surface area contributed by atoms with E-state index in [0.29, 0.717) is 11.3 Å². The van der Waals surface area contributed by atoms with Gasteiger partial charge in [0.2, 0.25) is 0 Å². The largest absolute Gasteiger partial charge is 0.410 e. The van der Waals surface area contributed by atoms with Gasteiger partial charge in [-0.25, -0.2) is 0 Å². The number of rotatable bonds is 1. The summed E-state index contributed by atoms with van der Waals surface area (Å²) < 4.78 is 0. The highest BCUT2D eigenvalue weighted by Gasteiger charge is 2.12. The molecule has 0 radical (unpaired) electrons. The summed E-state index contributed by atoms with van der Waals surface area (Å²) >= 11 is 0. The summed E-state index contributed by atoms with van der Waals surface area (Å²) in [5, 5.41) is 21.2. The fourth-order valence-corrected chi connectivity index (χ4v) is 1.88. The van der Waals surface area contributed by atoms with Crippen molar-refractivity contribution in [3.05, 3.63) is 65.3 Å². The minimum Gasteiger partial charge on any atom is -0.410 e. The lowest BCUT2D eigenvalue weighted by atomic mass is 9.92. The summed E-state index contributed by atoms with van der Waals surface area (Å²) in [6, 6.07) is 11.8. The van der Waals surface area contributed by atoms with Gasteiger partial charge in [-0.1, -0.05) is 41.6 Å². The van der Waals surface area contributed by atoms with Gasteiger partial charge in [0.15, 0.2) is 0 Å². The van der Waals surface area contributed by atoms with E-state index in [9.17, 15) is 5.26 Å². The molecule has 0 amide bonds. The summed E-state index contributed by atoms with van der Waals surface area (Å²) in [6.45, 7) is 1.89. The number of nitriles is 1. The zero-order chi connectivity index (χ0) is 13.0. The van der Waals surface area contributed by atoms with E-state index in [-0.39, 0.29) is 0 Å². The summed E-state index contributed by atoms with van der Waals surface area (Å²) in [5.41, 5.74) is 3.76. The van der Waals surface area contributed by atoms with Gasteiger partial charge in [0, 0.05) is 0 Å². The molecule has 1 aliphatic rings. The molecule has 1 aromatic carbocycles. The van der Waals surface area contributed by atoms with E-state index < -0.39 is 0 Å². The lowest BCUT2D eigenvalue weighted by Gasteiger charge is -2.11. The fraction of sp³-hybridized carbons (Fsp3) is 0.0667. The van der Waals surface area contributed by atoms with E-state index in [0.717, 1.165) is 16.7 Å². The third kappa shape index (κ3) is 2.23. The maximum absolute atomic E-state index is 9.32. The Morgan fingerprint density at radius 2 is 1.94 bits per heavy atom. The Balaban J connectivity index is 2.55. The van der Waals surface area contributed by atoms with Gasteiger partial charge in [0.05, 0.1) is 5.57 Å². The molecule has 0 spiro atoms. The number of oxime groups is 1. The highest BCUT2D eigenvalue weighted by molar-refractivity contribution is 6.07. The predicted octanol–water partition coefficient (Wildman–Crippen LogP) is 3.31. The molecule has 18 heavy (non-hydrogen) atoms. The van der Waals surface area contributed by atoms with Gasteiger partial charge in [-0.15, -0.1) is 0 Å². The van der Waals surface area contributed by atoms with Crippen LogP contribution in [0.3, 0.4) is 0 Å². The highest BCUT2D eigenvalue weighted by Crippen LogP contribution is 2.26. The molecule has 0 fully saturated rings. The fourth-order valence-electron chi connectivity index (χ4n) is 1.88. The van der Waals surface area contributed by atoms with Crippen molar-refractivity contribution in [1.29, 1.82) is 5.26 Å². The monoisotopic (exact) mass is 236 g/mol. The SMILES string of the molecule is CC1=C/C(=N/O)C=CC1=C(C#N)c1ccccc1. The van der Waals surface area contributed by atoms with E-state index in [4.69, 9.17) is 5.21 Å². The van der Waals surface area contributed by atoms with Crippen LogP contribution < -0.4 is 0 Å². The van der Waals surface area contributed by atoms with Gasteiger partial charge in [-0.2, -0.15) is 5.26 Å². The molecule has 0 heterocycles. The molecule has 0 bridgehead atoms. The first-order chi connectivity index (χ1) is 8.76. The molecule has 0 aliphatic heterocycles. The number of hydrogen-bond acceptors (Lipinski definition) is 3. The van der Waals surface area contributed by atoms with E-state index in [2.05, 4.69) is 11.2 Å². The molecule has 0 unspecified atom stereocenters. The third-order valence-electron chi connectivity index (χ3n) is 2.77. The Morgan fingerprint density at radius 1 is 1.22 bits per heavy atom. The molecule has 3 nitrogen and oxygen atoms in total. The van der Waals surface area contributed by atoms with Crippen molar-refractivity contribution in [2.75, 3.05) is 0 Å². The molecule has 2 rings (SSSR count). The molecule has 0 atom stereocenters. The average molecular weight is 236 g/mol. The predicted molar refractivity (Wildman–Crippen MR) is 71.1 cm³/mol. The summed E-state index contributed by atoms with van der Waals surface area (Å²) in [5.74, 6) is 0.